The van der Waals surface area contributed by atoms with Crippen LogP contribution >= 0.6 is 0 Å². The summed E-state index contributed by atoms with van der Waals surface area (Å²) in [5.74, 6) is -0.203. The lowest BCUT2D eigenvalue weighted by Gasteiger charge is -2.10. The van der Waals surface area contributed by atoms with Gasteiger partial charge in [0.2, 0.25) is 0 Å². The summed E-state index contributed by atoms with van der Waals surface area (Å²) >= 11 is 0. The van der Waals surface area contributed by atoms with E-state index in [1.165, 1.54) is 6.07 Å². The SMILES string of the molecule is Cc1cc(-c2ncccc2-c2ccc3[nH]ncc3c2)ccc1F. The molecule has 0 aliphatic carbocycles. The number of rotatable bonds is 2. The van der Waals surface area contributed by atoms with E-state index in [-0.39, 0.29) is 5.82 Å². The molecule has 2 aromatic heterocycles. The third-order valence-electron chi connectivity index (χ3n) is 3.99. The summed E-state index contributed by atoms with van der Waals surface area (Å²) in [4.78, 5) is 4.52. The molecule has 2 aromatic carbocycles. The lowest BCUT2D eigenvalue weighted by molar-refractivity contribution is 0.619. The molecule has 4 aromatic rings. The fourth-order valence-electron chi connectivity index (χ4n) is 2.77. The smallest absolute Gasteiger partial charge is 0.126 e. The van der Waals surface area contributed by atoms with E-state index in [0.717, 1.165) is 33.3 Å². The van der Waals surface area contributed by atoms with Crippen LogP contribution in [0.3, 0.4) is 0 Å². The number of fused-ring (bicyclic) bond motifs is 1. The predicted octanol–water partition coefficient (Wildman–Crippen LogP) is 4.74. The van der Waals surface area contributed by atoms with Crippen molar-refractivity contribution in [1.29, 1.82) is 0 Å². The molecule has 0 fully saturated rings. The lowest BCUT2D eigenvalue weighted by Crippen LogP contribution is -1.91. The molecule has 4 heteroatoms. The zero-order chi connectivity index (χ0) is 15.8. The van der Waals surface area contributed by atoms with Crippen LogP contribution in [-0.2, 0) is 0 Å². The molecule has 0 aliphatic heterocycles. The highest BCUT2D eigenvalue weighted by atomic mass is 19.1. The van der Waals surface area contributed by atoms with Crippen molar-refractivity contribution in [1.82, 2.24) is 15.2 Å². The van der Waals surface area contributed by atoms with Gasteiger partial charge in [0.15, 0.2) is 0 Å². The van der Waals surface area contributed by atoms with Gasteiger partial charge in [-0.25, -0.2) is 4.39 Å². The molecule has 112 valence electrons. The second-order valence-corrected chi connectivity index (χ2v) is 5.54. The zero-order valence-corrected chi connectivity index (χ0v) is 12.5. The Morgan fingerprint density at radius 2 is 1.87 bits per heavy atom. The van der Waals surface area contributed by atoms with Crippen molar-refractivity contribution in [2.75, 3.05) is 0 Å². The fraction of sp³-hybridized carbons (Fsp3) is 0.0526. The lowest BCUT2D eigenvalue weighted by atomic mass is 9.97. The number of aryl methyl sites for hydroxylation is 1. The first-order valence-corrected chi connectivity index (χ1v) is 7.37. The Hall–Kier alpha value is -3.01. The number of halogens is 1. The van der Waals surface area contributed by atoms with Gasteiger partial charge in [-0.15, -0.1) is 0 Å². The van der Waals surface area contributed by atoms with Crippen LogP contribution in [0.2, 0.25) is 0 Å². The summed E-state index contributed by atoms with van der Waals surface area (Å²) in [7, 11) is 0. The Morgan fingerprint density at radius 3 is 2.74 bits per heavy atom. The summed E-state index contributed by atoms with van der Waals surface area (Å²) in [6, 6.07) is 15.2. The third kappa shape index (κ3) is 2.38. The van der Waals surface area contributed by atoms with Crippen LogP contribution in [0.15, 0.2) is 60.9 Å². The van der Waals surface area contributed by atoms with Gasteiger partial charge < -0.3 is 0 Å². The van der Waals surface area contributed by atoms with Crippen molar-refractivity contribution in [2.45, 2.75) is 6.92 Å². The first kappa shape index (κ1) is 13.6. The van der Waals surface area contributed by atoms with Crippen molar-refractivity contribution in [3.05, 3.63) is 72.3 Å². The van der Waals surface area contributed by atoms with Gasteiger partial charge in [-0.1, -0.05) is 12.1 Å². The van der Waals surface area contributed by atoms with Crippen molar-refractivity contribution >= 4 is 10.9 Å². The molecule has 0 aliphatic rings. The van der Waals surface area contributed by atoms with E-state index in [1.807, 2.05) is 30.3 Å². The number of H-pyrrole nitrogens is 1. The Bertz CT molecular complexity index is 1000. The summed E-state index contributed by atoms with van der Waals surface area (Å²) < 4.78 is 13.5. The highest BCUT2D eigenvalue weighted by Gasteiger charge is 2.10. The maximum atomic E-state index is 13.5. The molecule has 0 bridgehead atoms. The molecule has 2 heterocycles. The number of nitrogens with one attached hydrogen (secondary N) is 1. The first-order chi connectivity index (χ1) is 11.2. The molecule has 0 atom stereocenters. The van der Waals surface area contributed by atoms with Crippen LogP contribution in [0, 0.1) is 12.7 Å². The first-order valence-electron chi connectivity index (χ1n) is 7.37. The minimum atomic E-state index is -0.203. The fourth-order valence-corrected chi connectivity index (χ4v) is 2.77. The molecule has 0 unspecified atom stereocenters. The molecule has 4 rings (SSSR count). The van der Waals surface area contributed by atoms with Gasteiger partial charge in [-0.05, 0) is 54.4 Å². The Labute approximate surface area is 132 Å². The van der Waals surface area contributed by atoms with Crippen LogP contribution in [0.1, 0.15) is 5.56 Å². The van der Waals surface area contributed by atoms with Gasteiger partial charge in [-0.2, -0.15) is 5.10 Å². The Morgan fingerprint density at radius 1 is 1.00 bits per heavy atom. The molecular weight excluding hydrogens is 289 g/mol. The van der Waals surface area contributed by atoms with Crippen LogP contribution < -0.4 is 0 Å². The number of hydrogen-bond donors (Lipinski definition) is 1. The van der Waals surface area contributed by atoms with Crippen molar-refractivity contribution < 1.29 is 4.39 Å². The molecule has 0 spiro atoms. The monoisotopic (exact) mass is 303 g/mol. The van der Waals surface area contributed by atoms with Gasteiger partial charge in [-0.3, -0.25) is 10.1 Å². The summed E-state index contributed by atoms with van der Waals surface area (Å²) in [6.07, 6.45) is 3.56. The number of hydrogen-bond acceptors (Lipinski definition) is 2. The van der Waals surface area contributed by atoms with E-state index in [1.54, 1.807) is 25.4 Å². The number of aromatic amines is 1. The molecule has 0 saturated heterocycles. The second kappa shape index (κ2) is 5.32. The Balaban J connectivity index is 1.90. The van der Waals surface area contributed by atoms with E-state index in [0.29, 0.717) is 5.56 Å². The molecule has 3 nitrogen and oxygen atoms in total. The van der Waals surface area contributed by atoms with Gasteiger partial charge in [0.25, 0.3) is 0 Å². The third-order valence-corrected chi connectivity index (χ3v) is 3.99. The minimum absolute atomic E-state index is 0.203. The Kier molecular flexibility index (Phi) is 3.15. The molecule has 23 heavy (non-hydrogen) atoms. The zero-order valence-electron chi connectivity index (χ0n) is 12.5. The van der Waals surface area contributed by atoms with E-state index >= 15 is 0 Å². The number of nitrogens with zero attached hydrogens (tertiary/aromatic N) is 2. The number of benzene rings is 2. The summed E-state index contributed by atoms with van der Waals surface area (Å²) in [5, 5.41) is 8.06. The van der Waals surface area contributed by atoms with E-state index in [2.05, 4.69) is 21.2 Å². The minimum Gasteiger partial charge on any atom is -0.278 e. The highest BCUT2D eigenvalue weighted by Crippen LogP contribution is 2.32. The quantitative estimate of drug-likeness (QED) is 0.581. The molecular formula is C19H14FN3. The van der Waals surface area contributed by atoms with E-state index in [9.17, 15) is 4.39 Å². The largest absolute Gasteiger partial charge is 0.278 e. The van der Waals surface area contributed by atoms with Crippen molar-refractivity contribution in [3.8, 4) is 22.4 Å². The average Bonchev–Trinajstić information content (AvgIpc) is 3.05. The summed E-state index contributed by atoms with van der Waals surface area (Å²) in [6.45, 7) is 1.76. The maximum absolute atomic E-state index is 13.5. The average molecular weight is 303 g/mol. The normalized spacial score (nSPS) is 11.0. The standard InChI is InChI=1S/C19H14FN3/c1-12-9-14(4-6-17(12)20)19-16(3-2-8-21-19)13-5-7-18-15(10-13)11-22-23-18/h2-11H,1H3,(H,22,23). The second-order valence-electron chi connectivity index (χ2n) is 5.54. The van der Waals surface area contributed by atoms with Crippen molar-refractivity contribution in [3.63, 3.8) is 0 Å². The van der Waals surface area contributed by atoms with Crippen LogP contribution in [0.25, 0.3) is 33.3 Å². The predicted molar refractivity (Wildman–Crippen MR) is 89.5 cm³/mol. The van der Waals surface area contributed by atoms with Gasteiger partial charge >= 0.3 is 0 Å². The molecule has 0 amide bonds. The highest BCUT2D eigenvalue weighted by molar-refractivity contribution is 5.88. The maximum Gasteiger partial charge on any atom is 0.126 e. The van der Waals surface area contributed by atoms with E-state index < -0.39 is 0 Å². The van der Waals surface area contributed by atoms with Crippen LogP contribution in [0.5, 0.6) is 0 Å². The van der Waals surface area contributed by atoms with Crippen LogP contribution in [-0.4, -0.2) is 15.2 Å². The molecule has 1 N–H and O–H groups in total. The topological polar surface area (TPSA) is 41.6 Å². The van der Waals surface area contributed by atoms with Gasteiger partial charge in [0.1, 0.15) is 5.82 Å². The van der Waals surface area contributed by atoms with Crippen molar-refractivity contribution in [2.24, 2.45) is 0 Å². The molecule has 0 radical (unpaired) electrons. The summed E-state index contributed by atoms with van der Waals surface area (Å²) in [5.41, 5.74) is 5.44. The number of aromatic nitrogens is 3. The van der Waals surface area contributed by atoms with Crippen LogP contribution in [0.4, 0.5) is 4.39 Å². The van der Waals surface area contributed by atoms with Gasteiger partial charge in [0, 0.05) is 22.7 Å². The van der Waals surface area contributed by atoms with Gasteiger partial charge in [0.05, 0.1) is 17.4 Å². The van der Waals surface area contributed by atoms with E-state index in [4.69, 9.17) is 0 Å². The number of pyridine rings is 1. The molecule has 0 saturated carbocycles.